The van der Waals surface area contributed by atoms with Crippen molar-refractivity contribution >= 4 is 73.9 Å². The molecule has 1 unspecified atom stereocenters. The Hall–Kier alpha value is -2.49. The second kappa shape index (κ2) is 13.2. The highest BCUT2D eigenvalue weighted by Crippen LogP contribution is 2.31. The number of hydrogen-bond acceptors (Lipinski definition) is 4. The molecule has 3 aromatic carbocycles. The third-order valence-electron chi connectivity index (χ3n) is 6.08. The maximum atomic E-state index is 14.1. The van der Waals surface area contributed by atoms with Gasteiger partial charge in [-0.05, 0) is 77.1 Å². The van der Waals surface area contributed by atoms with E-state index in [4.69, 9.17) is 46.4 Å². The summed E-state index contributed by atoms with van der Waals surface area (Å²) in [6.45, 7) is 8.01. The largest absolute Gasteiger partial charge is 0.350 e. The first-order valence-corrected chi connectivity index (χ1v) is 15.5. The molecular weight excluding hydrogens is 628 g/mol. The van der Waals surface area contributed by atoms with Crippen LogP contribution in [0.1, 0.15) is 38.8 Å². The summed E-state index contributed by atoms with van der Waals surface area (Å²) in [4.78, 5) is 28.5. The number of carbonyl (C=O) groups is 2. The Morgan fingerprint density at radius 1 is 0.902 bits per heavy atom. The van der Waals surface area contributed by atoms with Crippen LogP contribution in [0, 0.1) is 6.92 Å². The van der Waals surface area contributed by atoms with Gasteiger partial charge >= 0.3 is 0 Å². The molecule has 2 amide bonds. The highest BCUT2D eigenvalue weighted by molar-refractivity contribution is 7.92. The van der Waals surface area contributed by atoms with Crippen molar-refractivity contribution in [2.45, 2.75) is 57.6 Å². The first-order valence-electron chi connectivity index (χ1n) is 12.6. The highest BCUT2D eigenvalue weighted by atomic mass is 35.5. The monoisotopic (exact) mass is 657 g/mol. The van der Waals surface area contributed by atoms with Crippen molar-refractivity contribution in [1.29, 1.82) is 0 Å². The summed E-state index contributed by atoms with van der Waals surface area (Å²) in [5, 5.41) is 3.82. The van der Waals surface area contributed by atoms with Crippen molar-refractivity contribution in [3.8, 4) is 0 Å². The summed E-state index contributed by atoms with van der Waals surface area (Å²) in [7, 11) is -4.28. The third kappa shape index (κ3) is 8.52. The summed E-state index contributed by atoms with van der Waals surface area (Å²) >= 11 is 25.3. The normalized spacial score (nSPS) is 12.5. The zero-order valence-electron chi connectivity index (χ0n) is 23.2. The third-order valence-corrected chi connectivity index (χ3v) is 9.01. The summed E-state index contributed by atoms with van der Waals surface area (Å²) in [6, 6.07) is 14.4. The molecule has 0 radical (unpaired) electrons. The highest BCUT2D eigenvalue weighted by Gasteiger charge is 2.34. The van der Waals surface area contributed by atoms with Crippen LogP contribution in [0.2, 0.25) is 20.1 Å². The van der Waals surface area contributed by atoms with Gasteiger partial charge in [0.15, 0.2) is 0 Å². The zero-order valence-corrected chi connectivity index (χ0v) is 27.1. The minimum absolute atomic E-state index is 0.0359. The molecule has 1 atom stereocenters. The fourth-order valence-corrected chi connectivity index (χ4v) is 6.39. The summed E-state index contributed by atoms with van der Waals surface area (Å²) in [5.74, 6) is -1.11. The van der Waals surface area contributed by atoms with Crippen molar-refractivity contribution in [2.24, 2.45) is 0 Å². The summed E-state index contributed by atoms with van der Waals surface area (Å²) in [6.07, 6.45) is 0. The van der Waals surface area contributed by atoms with Gasteiger partial charge in [-0.3, -0.25) is 13.9 Å². The van der Waals surface area contributed by atoms with Gasteiger partial charge in [-0.15, -0.1) is 0 Å². The number of nitrogens with zero attached hydrogens (tertiary/aromatic N) is 2. The van der Waals surface area contributed by atoms with E-state index in [2.05, 4.69) is 5.32 Å². The van der Waals surface area contributed by atoms with E-state index in [9.17, 15) is 18.0 Å². The van der Waals surface area contributed by atoms with Gasteiger partial charge < -0.3 is 10.2 Å². The second-order valence-corrected chi connectivity index (χ2v) is 14.1. The van der Waals surface area contributed by atoms with Crippen LogP contribution >= 0.6 is 46.4 Å². The average molecular weight is 659 g/mol. The zero-order chi connectivity index (χ0) is 30.7. The fourth-order valence-electron chi connectivity index (χ4n) is 3.96. The van der Waals surface area contributed by atoms with E-state index in [1.807, 2.05) is 27.7 Å². The molecule has 0 aliphatic heterocycles. The van der Waals surface area contributed by atoms with E-state index in [-0.39, 0.29) is 27.2 Å². The van der Waals surface area contributed by atoms with E-state index in [0.717, 1.165) is 9.87 Å². The molecule has 0 bridgehead atoms. The van der Waals surface area contributed by atoms with E-state index < -0.39 is 40.0 Å². The Morgan fingerprint density at radius 2 is 1.44 bits per heavy atom. The Labute approximate surface area is 261 Å². The molecule has 7 nitrogen and oxygen atoms in total. The van der Waals surface area contributed by atoms with Crippen LogP contribution in [-0.4, -0.2) is 43.3 Å². The molecule has 0 aliphatic carbocycles. The first-order chi connectivity index (χ1) is 19.0. The topological polar surface area (TPSA) is 86.8 Å². The van der Waals surface area contributed by atoms with Gasteiger partial charge in [-0.1, -0.05) is 70.2 Å². The molecule has 12 heteroatoms. The maximum Gasteiger partial charge on any atom is 0.264 e. The van der Waals surface area contributed by atoms with Crippen LogP contribution in [0.15, 0.2) is 65.6 Å². The number of sulfonamides is 1. The Kier molecular flexibility index (Phi) is 10.6. The lowest BCUT2D eigenvalue weighted by Crippen LogP contribution is -2.54. The van der Waals surface area contributed by atoms with Crippen molar-refractivity contribution < 1.29 is 18.0 Å². The van der Waals surface area contributed by atoms with E-state index in [1.165, 1.54) is 35.2 Å². The van der Waals surface area contributed by atoms with Crippen molar-refractivity contribution in [3.63, 3.8) is 0 Å². The molecule has 3 aromatic rings. The SMILES string of the molecule is Cc1ccc(S(=O)(=O)N(CC(=O)N(Cc2c(Cl)cccc2Cl)C(C)C(=O)NC(C)(C)C)c2cc(Cl)cc(Cl)c2)cc1. The standard InChI is InChI=1S/C29H31Cl4N3O4S/c1-18-9-11-23(12-10-18)41(39,40)36(22-14-20(30)13-21(31)15-22)17-27(37)35(19(2)28(38)34-29(3,4)5)16-24-25(32)7-6-8-26(24)33/h6-15,19H,16-17H2,1-5H3,(H,34,38). The number of anilines is 1. The Balaban J connectivity index is 2.11. The fraction of sp³-hybridized carbons (Fsp3) is 0.310. The molecule has 0 aromatic heterocycles. The quantitative estimate of drug-likeness (QED) is 0.265. The average Bonchev–Trinajstić information content (AvgIpc) is 2.85. The molecular formula is C29H31Cl4N3O4S. The van der Waals surface area contributed by atoms with Crippen LogP contribution in [0.3, 0.4) is 0 Å². The van der Waals surface area contributed by atoms with Gasteiger partial charge in [0.2, 0.25) is 11.8 Å². The van der Waals surface area contributed by atoms with Gasteiger partial charge in [-0.25, -0.2) is 8.42 Å². The lowest BCUT2D eigenvalue weighted by atomic mass is 10.1. The number of halogens is 4. The van der Waals surface area contributed by atoms with Crippen LogP contribution in [0.25, 0.3) is 0 Å². The van der Waals surface area contributed by atoms with E-state index in [0.29, 0.717) is 15.6 Å². The number of nitrogens with one attached hydrogen (secondary N) is 1. The van der Waals surface area contributed by atoms with E-state index in [1.54, 1.807) is 37.3 Å². The predicted octanol–water partition coefficient (Wildman–Crippen LogP) is 7.14. The number of benzene rings is 3. The second-order valence-electron chi connectivity index (χ2n) is 10.6. The van der Waals surface area contributed by atoms with Gasteiger partial charge in [-0.2, -0.15) is 0 Å². The predicted molar refractivity (Wildman–Crippen MR) is 167 cm³/mol. The summed E-state index contributed by atoms with van der Waals surface area (Å²) < 4.78 is 28.8. The maximum absolute atomic E-state index is 14.1. The Morgan fingerprint density at radius 3 is 1.95 bits per heavy atom. The number of aryl methyl sites for hydroxylation is 1. The molecule has 0 fully saturated rings. The number of carbonyl (C=O) groups excluding carboxylic acids is 2. The Bertz CT molecular complexity index is 1500. The minimum atomic E-state index is -4.28. The molecule has 220 valence electrons. The molecule has 0 aliphatic rings. The molecule has 0 saturated heterocycles. The van der Waals surface area contributed by atoms with E-state index >= 15 is 0 Å². The van der Waals surface area contributed by atoms with Crippen LogP contribution in [0.4, 0.5) is 5.69 Å². The lowest BCUT2D eigenvalue weighted by Gasteiger charge is -2.34. The molecule has 0 heterocycles. The number of rotatable bonds is 9. The number of hydrogen-bond donors (Lipinski definition) is 1. The van der Waals surface area contributed by atoms with Gasteiger partial charge in [0.05, 0.1) is 10.6 Å². The van der Waals surface area contributed by atoms with Crippen molar-refractivity contribution in [2.75, 3.05) is 10.8 Å². The number of amides is 2. The van der Waals surface area contributed by atoms with Crippen LogP contribution in [0.5, 0.6) is 0 Å². The first kappa shape index (κ1) is 33.0. The van der Waals surface area contributed by atoms with Crippen molar-refractivity contribution in [1.82, 2.24) is 10.2 Å². The smallest absolute Gasteiger partial charge is 0.264 e. The molecule has 3 rings (SSSR count). The van der Waals surface area contributed by atoms with Crippen molar-refractivity contribution in [3.05, 3.63) is 91.9 Å². The molecule has 41 heavy (non-hydrogen) atoms. The van der Waals surface area contributed by atoms with Gasteiger partial charge in [0, 0.05) is 37.7 Å². The molecule has 1 N–H and O–H groups in total. The van der Waals surface area contributed by atoms with Gasteiger partial charge in [0.25, 0.3) is 10.0 Å². The summed E-state index contributed by atoms with van der Waals surface area (Å²) in [5.41, 5.74) is 0.775. The lowest BCUT2D eigenvalue weighted by molar-refractivity contribution is -0.140. The molecule has 0 saturated carbocycles. The van der Waals surface area contributed by atoms with Crippen LogP contribution in [-0.2, 0) is 26.2 Å². The van der Waals surface area contributed by atoms with Gasteiger partial charge in [0.1, 0.15) is 12.6 Å². The van der Waals surface area contributed by atoms with Crippen LogP contribution < -0.4 is 9.62 Å². The molecule has 0 spiro atoms. The minimum Gasteiger partial charge on any atom is -0.350 e.